The van der Waals surface area contributed by atoms with Gasteiger partial charge in [-0.15, -0.1) is 0 Å². The molecule has 3 nitrogen and oxygen atoms in total. The molecule has 16 heavy (non-hydrogen) atoms. The Labute approximate surface area is 95.5 Å². The summed E-state index contributed by atoms with van der Waals surface area (Å²) in [7, 11) is 0. The van der Waals surface area contributed by atoms with Crippen LogP contribution >= 0.6 is 0 Å². The number of ketones is 1. The van der Waals surface area contributed by atoms with Crippen molar-refractivity contribution in [3.8, 4) is 0 Å². The van der Waals surface area contributed by atoms with Gasteiger partial charge in [-0.1, -0.05) is 0 Å². The molecule has 0 aliphatic heterocycles. The number of hydrogen-bond donors (Lipinski definition) is 1. The van der Waals surface area contributed by atoms with Crippen molar-refractivity contribution in [1.29, 1.82) is 0 Å². The lowest BCUT2D eigenvalue weighted by atomic mass is 10.1. The average Bonchev–Trinajstić information content (AvgIpc) is 2.87. The van der Waals surface area contributed by atoms with Crippen molar-refractivity contribution >= 4 is 5.78 Å². The Morgan fingerprint density at radius 1 is 1.50 bits per heavy atom. The SMILES string of the molecule is CC(CCc1ccco1)NC1=CC(=O)CC1. The van der Waals surface area contributed by atoms with Gasteiger partial charge in [0.25, 0.3) is 0 Å². The minimum atomic E-state index is 0.237. The van der Waals surface area contributed by atoms with Crippen LogP contribution in [0.2, 0.25) is 0 Å². The molecule has 1 aliphatic carbocycles. The highest BCUT2D eigenvalue weighted by molar-refractivity contribution is 5.92. The minimum Gasteiger partial charge on any atom is -0.469 e. The molecule has 0 aromatic carbocycles. The molecular formula is C13H17NO2. The lowest BCUT2D eigenvalue weighted by Gasteiger charge is -2.14. The number of rotatable bonds is 5. The monoisotopic (exact) mass is 219 g/mol. The van der Waals surface area contributed by atoms with Gasteiger partial charge in [0.15, 0.2) is 5.78 Å². The van der Waals surface area contributed by atoms with Crippen LogP contribution in [0, 0.1) is 0 Å². The van der Waals surface area contributed by atoms with E-state index in [4.69, 9.17) is 4.42 Å². The maximum Gasteiger partial charge on any atom is 0.157 e. The molecule has 0 fully saturated rings. The highest BCUT2D eigenvalue weighted by Crippen LogP contribution is 2.14. The predicted octanol–water partition coefficient (Wildman–Crippen LogP) is 2.44. The molecule has 0 spiro atoms. The summed E-state index contributed by atoms with van der Waals surface area (Å²) < 4.78 is 5.27. The highest BCUT2D eigenvalue weighted by Gasteiger charge is 2.13. The standard InChI is InChI=1S/C13H17NO2/c1-10(4-7-13-3-2-8-16-13)14-11-5-6-12(15)9-11/h2-3,8-10,14H,4-7H2,1H3. The normalized spacial score (nSPS) is 17.3. The molecule has 1 aliphatic rings. The van der Waals surface area contributed by atoms with Gasteiger partial charge < -0.3 is 9.73 Å². The van der Waals surface area contributed by atoms with Crippen LogP contribution in [-0.4, -0.2) is 11.8 Å². The van der Waals surface area contributed by atoms with Crippen molar-refractivity contribution in [2.75, 3.05) is 0 Å². The zero-order chi connectivity index (χ0) is 11.4. The van der Waals surface area contributed by atoms with E-state index in [1.807, 2.05) is 12.1 Å². The highest BCUT2D eigenvalue weighted by atomic mass is 16.3. The van der Waals surface area contributed by atoms with Crippen LogP contribution in [-0.2, 0) is 11.2 Å². The number of furan rings is 1. The molecule has 1 heterocycles. The van der Waals surface area contributed by atoms with E-state index >= 15 is 0 Å². The summed E-state index contributed by atoms with van der Waals surface area (Å²) in [5.41, 5.74) is 1.08. The van der Waals surface area contributed by atoms with E-state index in [1.54, 1.807) is 12.3 Å². The first-order valence-corrected chi connectivity index (χ1v) is 5.76. The van der Waals surface area contributed by atoms with E-state index in [0.717, 1.165) is 30.7 Å². The van der Waals surface area contributed by atoms with Crippen molar-refractivity contribution in [1.82, 2.24) is 5.32 Å². The molecule has 2 rings (SSSR count). The minimum absolute atomic E-state index is 0.237. The summed E-state index contributed by atoms with van der Waals surface area (Å²) >= 11 is 0. The second-order valence-electron chi connectivity index (χ2n) is 4.30. The Balaban J connectivity index is 1.74. The smallest absolute Gasteiger partial charge is 0.157 e. The van der Waals surface area contributed by atoms with Crippen LogP contribution < -0.4 is 5.32 Å². The molecule has 0 saturated heterocycles. The molecule has 3 heteroatoms. The first-order chi connectivity index (χ1) is 7.74. The fraction of sp³-hybridized carbons (Fsp3) is 0.462. The number of carbonyl (C=O) groups excluding carboxylic acids is 1. The van der Waals surface area contributed by atoms with Gasteiger partial charge in [0, 0.05) is 30.7 Å². The second-order valence-corrected chi connectivity index (χ2v) is 4.30. The van der Waals surface area contributed by atoms with Crippen molar-refractivity contribution < 1.29 is 9.21 Å². The van der Waals surface area contributed by atoms with Crippen LogP contribution in [0.15, 0.2) is 34.6 Å². The van der Waals surface area contributed by atoms with E-state index in [0.29, 0.717) is 12.5 Å². The zero-order valence-corrected chi connectivity index (χ0v) is 9.53. The first-order valence-electron chi connectivity index (χ1n) is 5.76. The molecule has 1 unspecified atom stereocenters. The van der Waals surface area contributed by atoms with Gasteiger partial charge in [-0.2, -0.15) is 0 Å². The number of aryl methyl sites for hydroxylation is 1. The van der Waals surface area contributed by atoms with Crippen LogP contribution in [0.3, 0.4) is 0 Å². The Kier molecular flexibility index (Phi) is 3.44. The number of hydrogen-bond acceptors (Lipinski definition) is 3. The molecule has 1 N–H and O–H groups in total. The van der Waals surface area contributed by atoms with Gasteiger partial charge >= 0.3 is 0 Å². The molecule has 86 valence electrons. The summed E-state index contributed by atoms with van der Waals surface area (Å²) in [6.07, 6.45) is 6.90. The Morgan fingerprint density at radius 2 is 2.38 bits per heavy atom. The van der Waals surface area contributed by atoms with E-state index in [2.05, 4.69) is 12.2 Å². The zero-order valence-electron chi connectivity index (χ0n) is 9.53. The third kappa shape index (κ3) is 2.99. The van der Waals surface area contributed by atoms with Crippen LogP contribution in [0.25, 0.3) is 0 Å². The van der Waals surface area contributed by atoms with Gasteiger partial charge in [0.05, 0.1) is 6.26 Å². The molecule has 0 radical (unpaired) electrons. The van der Waals surface area contributed by atoms with Gasteiger partial charge in [0.2, 0.25) is 0 Å². The topological polar surface area (TPSA) is 42.2 Å². The molecule has 0 amide bonds. The third-order valence-corrected chi connectivity index (χ3v) is 2.81. The summed E-state index contributed by atoms with van der Waals surface area (Å²) in [4.78, 5) is 11.0. The molecule has 0 saturated carbocycles. The Hall–Kier alpha value is -1.51. The van der Waals surface area contributed by atoms with Crippen molar-refractivity contribution in [3.63, 3.8) is 0 Å². The summed E-state index contributed by atoms with van der Waals surface area (Å²) in [5.74, 6) is 1.26. The Bertz CT molecular complexity index is 379. The van der Waals surface area contributed by atoms with E-state index in [1.165, 1.54) is 0 Å². The third-order valence-electron chi connectivity index (χ3n) is 2.81. The molecule has 1 atom stereocenters. The quantitative estimate of drug-likeness (QED) is 0.827. The van der Waals surface area contributed by atoms with Gasteiger partial charge in [-0.25, -0.2) is 0 Å². The fourth-order valence-electron chi connectivity index (χ4n) is 1.91. The van der Waals surface area contributed by atoms with Crippen molar-refractivity contribution in [3.05, 3.63) is 35.9 Å². The average molecular weight is 219 g/mol. The first kappa shape index (κ1) is 11.0. The van der Waals surface area contributed by atoms with E-state index in [-0.39, 0.29) is 5.78 Å². The van der Waals surface area contributed by atoms with Gasteiger partial charge in [-0.05, 0) is 31.9 Å². The molecule has 0 bridgehead atoms. The molecule has 1 aromatic heterocycles. The predicted molar refractivity (Wildman–Crippen MR) is 62.0 cm³/mol. The van der Waals surface area contributed by atoms with E-state index < -0.39 is 0 Å². The van der Waals surface area contributed by atoms with Gasteiger partial charge in [0.1, 0.15) is 5.76 Å². The summed E-state index contributed by atoms with van der Waals surface area (Å²) in [6.45, 7) is 2.13. The fourth-order valence-corrected chi connectivity index (χ4v) is 1.91. The number of nitrogens with one attached hydrogen (secondary N) is 1. The maximum absolute atomic E-state index is 11.0. The van der Waals surface area contributed by atoms with Gasteiger partial charge in [-0.3, -0.25) is 4.79 Å². The Morgan fingerprint density at radius 3 is 3.00 bits per heavy atom. The molecule has 1 aromatic rings. The molecular weight excluding hydrogens is 202 g/mol. The maximum atomic E-state index is 11.0. The van der Waals surface area contributed by atoms with Crippen molar-refractivity contribution in [2.24, 2.45) is 0 Å². The van der Waals surface area contributed by atoms with Crippen LogP contribution in [0.1, 0.15) is 31.9 Å². The van der Waals surface area contributed by atoms with Crippen molar-refractivity contribution in [2.45, 2.75) is 38.6 Å². The number of carbonyl (C=O) groups is 1. The lowest BCUT2D eigenvalue weighted by Crippen LogP contribution is -2.25. The largest absolute Gasteiger partial charge is 0.469 e. The lowest BCUT2D eigenvalue weighted by molar-refractivity contribution is -0.114. The summed E-state index contributed by atoms with van der Waals surface area (Å²) in [5, 5.41) is 3.37. The number of allylic oxidation sites excluding steroid dienone is 2. The second kappa shape index (κ2) is 5.01. The van der Waals surface area contributed by atoms with Crippen LogP contribution in [0.4, 0.5) is 0 Å². The van der Waals surface area contributed by atoms with E-state index in [9.17, 15) is 4.79 Å². The van der Waals surface area contributed by atoms with Crippen LogP contribution in [0.5, 0.6) is 0 Å². The summed E-state index contributed by atoms with van der Waals surface area (Å²) in [6, 6.07) is 4.28.